The minimum Gasteiger partial charge on any atom is -0.328 e. The lowest BCUT2D eigenvalue weighted by atomic mass is 10.0. The molecule has 2 rings (SSSR count). The topological polar surface area (TPSA) is 29.3 Å². The van der Waals surface area contributed by atoms with Crippen molar-refractivity contribution in [2.75, 3.05) is 13.1 Å². The predicted molar refractivity (Wildman–Crippen MR) is 70.9 cm³/mol. The molecule has 1 aromatic carbocycles. The van der Waals surface area contributed by atoms with Crippen LogP contribution in [0.2, 0.25) is 0 Å². The summed E-state index contributed by atoms with van der Waals surface area (Å²) in [6, 6.07) is 5.36. The number of aryl methyl sites for hydroxylation is 1. The van der Waals surface area contributed by atoms with E-state index < -0.39 is 0 Å². The molecule has 0 aliphatic carbocycles. The molecule has 0 radical (unpaired) electrons. The zero-order valence-corrected chi connectivity index (χ0v) is 11.0. The van der Waals surface area contributed by atoms with Crippen molar-refractivity contribution in [3.05, 3.63) is 35.1 Å². The maximum atomic E-state index is 13.1. The van der Waals surface area contributed by atoms with E-state index in [1.807, 2.05) is 13.0 Å². The minimum absolute atomic E-state index is 0. The fourth-order valence-corrected chi connectivity index (χ4v) is 2.16. The largest absolute Gasteiger partial charge is 0.328 e. The van der Waals surface area contributed by atoms with Crippen molar-refractivity contribution in [2.24, 2.45) is 5.73 Å². The Balaban J connectivity index is 0.00000144. The van der Waals surface area contributed by atoms with Crippen LogP contribution in [0.4, 0.5) is 4.39 Å². The molecule has 0 saturated carbocycles. The molecule has 4 heteroatoms. The molecule has 17 heavy (non-hydrogen) atoms. The lowest BCUT2D eigenvalue weighted by Crippen LogP contribution is -2.39. The Morgan fingerprint density at radius 1 is 1.35 bits per heavy atom. The number of hydrogen-bond acceptors (Lipinski definition) is 2. The summed E-state index contributed by atoms with van der Waals surface area (Å²) in [6.45, 7) is 4.93. The summed E-state index contributed by atoms with van der Waals surface area (Å²) in [5.41, 5.74) is 8.11. The number of benzene rings is 1. The molecule has 1 saturated heterocycles. The smallest absolute Gasteiger partial charge is 0.123 e. The predicted octanol–water partition coefficient (Wildman–Crippen LogP) is 2.48. The van der Waals surface area contributed by atoms with E-state index in [0.29, 0.717) is 6.04 Å². The van der Waals surface area contributed by atoms with Gasteiger partial charge in [-0.25, -0.2) is 4.39 Å². The second-order valence-electron chi connectivity index (χ2n) is 4.68. The highest BCUT2D eigenvalue weighted by atomic mass is 35.5. The number of halogens is 2. The van der Waals surface area contributed by atoms with Crippen LogP contribution in [-0.4, -0.2) is 24.0 Å². The number of hydrogen-bond donors (Lipinski definition) is 1. The first-order valence-corrected chi connectivity index (χ1v) is 5.88. The molecule has 1 aliphatic rings. The van der Waals surface area contributed by atoms with Gasteiger partial charge in [0, 0.05) is 12.6 Å². The summed E-state index contributed by atoms with van der Waals surface area (Å²) in [4.78, 5) is 2.35. The highest BCUT2D eigenvalue weighted by Gasteiger charge is 2.16. The molecule has 1 aliphatic heterocycles. The van der Waals surface area contributed by atoms with Crippen LogP contribution in [0.15, 0.2) is 18.2 Å². The van der Waals surface area contributed by atoms with Gasteiger partial charge < -0.3 is 5.73 Å². The van der Waals surface area contributed by atoms with Crippen LogP contribution in [0.25, 0.3) is 0 Å². The summed E-state index contributed by atoms with van der Waals surface area (Å²) in [5, 5.41) is 0. The summed E-state index contributed by atoms with van der Waals surface area (Å²) in [6.07, 6.45) is 2.10. The second-order valence-corrected chi connectivity index (χ2v) is 4.68. The zero-order chi connectivity index (χ0) is 11.5. The van der Waals surface area contributed by atoms with Crippen molar-refractivity contribution in [1.29, 1.82) is 0 Å². The molecule has 0 atom stereocenters. The number of nitrogens with two attached hydrogens (primary N) is 1. The first-order valence-electron chi connectivity index (χ1n) is 5.88. The Hall–Kier alpha value is -0.640. The minimum atomic E-state index is -0.144. The van der Waals surface area contributed by atoms with Gasteiger partial charge in [0.05, 0.1) is 0 Å². The first-order chi connectivity index (χ1) is 7.65. The SMILES string of the molecule is Cc1ccc(F)cc1CN1CCC(N)CC1.Cl. The average Bonchev–Trinajstić information content (AvgIpc) is 2.27. The molecule has 0 spiro atoms. The second kappa shape index (κ2) is 6.34. The molecule has 96 valence electrons. The molecular weight excluding hydrogens is 239 g/mol. The molecule has 2 N–H and O–H groups in total. The molecular formula is C13H20ClFN2. The summed E-state index contributed by atoms with van der Waals surface area (Å²) >= 11 is 0. The molecule has 0 amide bonds. The van der Waals surface area contributed by atoms with Crippen LogP contribution in [0.5, 0.6) is 0 Å². The van der Waals surface area contributed by atoms with Crippen molar-refractivity contribution in [1.82, 2.24) is 4.90 Å². The fourth-order valence-electron chi connectivity index (χ4n) is 2.16. The maximum Gasteiger partial charge on any atom is 0.123 e. The third kappa shape index (κ3) is 3.95. The normalized spacial score (nSPS) is 17.8. The molecule has 0 unspecified atom stereocenters. The van der Waals surface area contributed by atoms with Gasteiger partial charge in [0.1, 0.15) is 5.82 Å². The Labute approximate surface area is 108 Å². The van der Waals surface area contributed by atoms with Crippen LogP contribution in [0.1, 0.15) is 24.0 Å². The third-order valence-electron chi connectivity index (χ3n) is 3.34. The average molecular weight is 259 g/mol. The van der Waals surface area contributed by atoms with Crippen molar-refractivity contribution in [2.45, 2.75) is 32.4 Å². The van der Waals surface area contributed by atoms with Crippen molar-refractivity contribution in [3.8, 4) is 0 Å². The molecule has 0 aromatic heterocycles. The van der Waals surface area contributed by atoms with Gasteiger partial charge in [0.25, 0.3) is 0 Å². The number of rotatable bonds is 2. The molecule has 1 aromatic rings. The maximum absolute atomic E-state index is 13.1. The van der Waals surface area contributed by atoms with Gasteiger partial charge in [-0.05, 0) is 56.1 Å². The van der Waals surface area contributed by atoms with E-state index in [1.165, 1.54) is 6.07 Å². The van der Waals surface area contributed by atoms with Crippen LogP contribution < -0.4 is 5.73 Å². The van der Waals surface area contributed by atoms with E-state index in [-0.39, 0.29) is 18.2 Å². The quantitative estimate of drug-likeness (QED) is 0.883. The molecule has 0 bridgehead atoms. The van der Waals surface area contributed by atoms with Gasteiger partial charge in [-0.15, -0.1) is 12.4 Å². The van der Waals surface area contributed by atoms with E-state index in [4.69, 9.17) is 5.73 Å². The van der Waals surface area contributed by atoms with E-state index in [9.17, 15) is 4.39 Å². The molecule has 2 nitrogen and oxygen atoms in total. The first kappa shape index (κ1) is 14.4. The van der Waals surface area contributed by atoms with Crippen molar-refractivity contribution in [3.63, 3.8) is 0 Å². The summed E-state index contributed by atoms with van der Waals surface area (Å²) in [5.74, 6) is -0.144. The number of likely N-dealkylation sites (tertiary alicyclic amines) is 1. The van der Waals surface area contributed by atoms with Gasteiger partial charge in [-0.3, -0.25) is 4.90 Å². The zero-order valence-electron chi connectivity index (χ0n) is 10.2. The number of piperidine rings is 1. The highest BCUT2D eigenvalue weighted by molar-refractivity contribution is 5.85. The Morgan fingerprint density at radius 2 is 2.00 bits per heavy atom. The Bertz CT molecular complexity index is 362. The fraction of sp³-hybridized carbons (Fsp3) is 0.538. The van der Waals surface area contributed by atoms with Crippen LogP contribution >= 0.6 is 12.4 Å². The Morgan fingerprint density at radius 3 is 2.65 bits per heavy atom. The van der Waals surface area contributed by atoms with Gasteiger partial charge in [-0.2, -0.15) is 0 Å². The van der Waals surface area contributed by atoms with Gasteiger partial charge >= 0.3 is 0 Å². The van der Waals surface area contributed by atoms with E-state index in [0.717, 1.165) is 43.6 Å². The summed E-state index contributed by atoms with van der Waals surface area (Å²) in [7, 11) is 0. The molecule has 1 fully saturated rings. The van der Waals surface area contributed by atoms with Crippen molar-refractivity contribution < 1.29 is 4.39 Å². The lowest BCUT2D eigenvalue weighted by Gasteiger charge is -2.30. The molecule has 1 heterocycles. The van der Waals surface area contributed by atoms with Gasteiger partial charge in [0.15, 0.2) is 0 Å². The van der Waals surface area contributed by atoms with E-state index in [2.05, 4.69) is 4.90 Å². The van der Waals surface area contributed by atoms with Gasteiger partial charge in [0.2, 0.25) is 0 Å². The lowest BCUT2D eigenvalue weighted by molar-refractivity contribution is 0.205. The van der Waals surface area contributed by atoms with Crippen LogP contribution in [-0.2, 0) is 6.54 Å². The van der Waals surface area contributed by atoms with E-state index >= 15 is 0 Å². The standard InChI is InChI=1S/C13H19FN2.ClH/c1-10-2-3-12(14)8-11(10)9-16-6-4-13(15)5-7-16;/h2-3,8,13H,4-7,9,15H2,1H3;1H. The van der Waals surface area contributed by atoms with Crippen LogP contribution in [0.3, 0.4) is 0 Å². The monoisotopic (exact) mass is 258 g/mol. The number of nitrogens with zero attached hydrogens (tertiary/aromatic N) is 1. The Kier molecular flexibility index (Phi) is 5.37. The highest BCUT2D eigenvalue weighted by Crippen LogP contribution is 2.16. The third-order valence-corrected chi connectivity index (χ3v) is 3.34. The van der Waals surface area contributed by atoms with Crippen molar-refractivity contribution >= 4 is 12.4 Å². The van der Waals surface area contributed by atoms with Gasteiger partial charge in [-0.1, -0.05) is 6.07 Å². The summed E-state index contributed by atoms with van der Waals surface area (Å²) < 4.78 is 13.1. The van der Waals surface area contributed by atoms with Crippen LogP contribution in [0, 0.1) is 12.7 Å². The van der Waals surface area contributed by atoms with E-state index in [1.54, 1.807) is 6.07 Å².